The molecule has 0 saturated heterocycles. The summed E-state index contributed by atoms with van der Waals surface area (Å²) in [6, 6.07) is 5.43. The molecule has 0 bridgehead atoms. The van der Waals surface area contributed by atoms with Gasteiger partial charge in [0, 0.05) is 17.7 Å². The molecule has 3 heteroatoms. The van der Waals surface area contributed by atoms with Gasteiger partial charge in [0.15, 0.2) is 5.78 Å². The van der Waals surface area contributed by atoms with Crippen LogP contribution in [0.25, 0.3) is 6.08 Å². The molecule has 0 fully saturated rings. The maximum atomic E-state index is 11.2. The third-order valence-electron chi connectivity index (χ3n) is 2.26. The van der Waals surface area contributed by atoms with Crippen LogP contribution in [0.3, 0.4) is 0 Å². The summed E-state index contributed by atoms with van der Waals surface area (Å²) in [5.41, 5.74) is 1.62. The van der Waals surface area contributed by atoms with Gasteiger partial charge in [-0.15, -0.1) is 0 Å². The number of nitrogens with one attached hydrogen (secondary N) is 1. The molecular weight excluding hydrogens is 202 g/mol. The van der Waals surface area contributed by atoms with Crippen molar-refractivity contribution < 1.29 is 9.53 Å². The van der Waals surface area contributed by atoms with Crippen molar-refractivity contribution in [2.45, 2.75) is 6.92 Å². The fraction of sp³-hybridized carbons (Fsp3) is 0.308. The largest absolute Gasteiger partial charge is 0.496 e. The fourth-order valence-corrected chi connectivity index (χ4v) is 1.39. The summed E-state index contributed by atoms with van der Waals surface area (Å²) >= 11 is 0. The number of Topliss-reactive ketones (excluding diaryl/α,β-unsaturated/α-hetero) is 1. The zero-order valence-corrected chi connectivity index (χ0v) is 9.91. The Morgan fingerprint density at radius 1 is 1.50 bits per heavy atom. The second-order valence-electron chi connectivity index (χ2n) is 3.47. The second-order valence-corrected chi connectivity index (χ2v) is 3.47. The molecule has 0 saturated carbocycles. The number of ketones is 1. The molecule has 0 aliphatic heterocycles. The summed E-state index contributed by atoms with van der Waals surface area (Å²) < 4.78 is 5.23. The summed E-state index contributed by atoms with van der Waals surface area (Å²) in [5.74, 6) is 0.836. The van der Waals surface area contributed by atoms with E-state index in [1.54, 1.807) is 20.1 Å². The van der Waals surface area contributed by atoms with E-state index in [1.807, 2.05) is 31.3 Å². The molecule has 1 aromatic rings. The van der Waals surface area contributed by atoms with Crippen LogP contribution in [0.1, 0.15) is 22.8 Å². The number of ether oxygens (including phenoxy) is 1. The Hall–Kier alpha value is -1.61. The Bertz CT molecular complexity index is 397. The van der Waals surface area contributed by atoms with E-state index in [9.17, 15) is 4.79 Å². The molecule has 1 N–H and O–H groups in total. The first-order valence-electron chi connectivity index (χ1n) is 5.19. The van der Waals surface area contributed by atoms with Crippen molar-refractivity contribution in [1.82, 2.24) is 5.32 Å². The van der Waals surface area contributed by atoms with Crippen LogP contribution >= 0.6 is 0 Å². The molecule has 0 amide bonds. The predicted octanol–water partition coefficient (Wildman–Crippen LogP) is 2.13. The number of methoxy groups -OCH3 is 1. The number of likely N-dealkylation sites (N-methyl/N-ethyl adjacent to an activating group) is 1. The highest BCUT2D eigenvalue weighted by molar-refractivity contribution is 5.95. The quantitative estimate of drug-likeness (QED) is 0.771. The molecule has 1 aromatic carbocycles. The number of benzene rings is 1. The van der Waals surface area contributed by atoms with Gasteiger partial charge in [0.05, 0.1) is 7.11 Å². The summed E-state index contributed by atoms with van der Waals surface area (Å²) in [4.78, 5) is 11.2. The first kappa shape index (κ1) is 12.5. The monoisotopic (exact) mass is 219 g/mol. The standard InChI is InChI=1S/C13H17NO2/c1-10(15)11-6-7-13(16-3)12(9-11)5-4-8-14-2/h4-7,9,14H,8H2,1-3H3. The van der Waals surface area contributed by atoms with Gasteiger partial charge >= 0.3 is 0 Å². The number of rotatable bonds is 5. The SMILES string of the molecule is CNCC=Cc1cc(C(C)=O)ccc1OC. The summed E-state index contributed by atoms with van der Waals surface area (Å²) in [6.45, 7) is 2.34. The molecule has 0 aromatic heterocycles. The third kappa shape index (κ3) is 3.21. The highest BCUT2D eigenvalue weighted by Gasteiger charge is 2.04. The highest BCUT2D eigenvalue weighted by Crippen LogP contribution is 2.21. The first-order chi connectivity index (χ1) is 7.69. The van der Waals surface area contributed by atoms with Gasteiger partial charge in [-0.05, 0) is 32.2 Å². The lowest BCUT2D eigenvalue weighted by molar-refractivity contribution is 0.101. The van der Waals surface area contributed by atoms with Crippen molar-refractivity contribution in [2.24, 2.45) is 0 Å². The summed E-state index contributed by atoms with van der Waals surface area (Å²) in [5, 5.41) is 3.02. The van der Waals surface area contributed by atoms with E-state index in [4.69, 9.17) is 4.74 Å². The smallest absolute Gasteiger partial charge is 0.159 e. The van der Waals surface area contributed by atoms with Crippen LogP contribution in [0.4, 0.5) is 0 Å². The molecule has 0 spiro atoms. The molecule has 3 nitrogen and oxygen atoms in total. The van der Waals surface area contributed by atoms with Crippen LogP contribution in [0.5, 0.6) is 5.75 Å². The van der Waals surface area contributed by atoms with Crippen molar-refractivity contribution >= 4 is 11.9 Å². The minimum atomic E-state index is 0.0610. The predicted molar refractivity (Wildman–Crippen MR) is 66.0 cm³/mol. The number of carbonyl (C=O) groups is 1. The van der Waals surface area contributed by atoms with Gasteiger partial charge in [-0.1, -0.05) is 12.2 Å². The van der Waals surface area contributed by atoms with Crippen molar-refractivity contribution in [3.05, 3.63) is 35.4 Å². The molecule has 0 unspecified atom stereocenters. The van der Waals surface area contributed by atoms with Crippen LogP contribution in [0.15, 0.2) is 24.3 Å². The van der Waals surface area contributed by atoms with Gasteiger partial charge in [-0.2, -0.15) is 0 Å². The normalized spacial score (nSPS) is 10.7. The fourth-order valence-electron chi connectivity index (χ4n) is 1.39. The Kier molecular flexibility index (Phi) is 4.73. The van der Waals surface area contributed by atoms with Crippen LogP contribution < -0.4 is 10.1 Å². The maximum Gasteiger partial charge on any atom is 0.159 e. The molecule has 86 valence electrons. The molecular formula is C13H17NO2. The van der Waals surface area contributed by atoms with Crippen molar-refractivity contribution in [1.29, 1.82) is 0 Å². The average molecular weight is 219 g/mol. The lowest BCUT2D eigenvalue weighted by Crippen LogP contribution is -2.03. The third-order valence-corrected chi connectivity index (χ3v) is 2.26. The average Bonchev–Trinajstić information content (AvgIpc) is 2.29. The number of hydrogen-bond donors (Lipinski definition) is 1. The highest BCUT2D eigenvalue weighted by atomic mass is 16.5. The molecule has 1 rings (SSSR count). The van der Waals surface area contributed by atoms with E-state index in [0.29, 0.717) is 5.56 Å². The van der Waals surface area contributed by atoms with E-state index >= 15 is 0 Å². The van der Waals surface area contributed by atoms with Crippen molar-refractivity contribution in [3.63, 3.8) is 0 Å². The maximum absolute atomic E-state index is 11.2. The van der Waals surface area contributed by atoms with Crippen LogP contribution in [0.2, 0.25) is 0 Å². The zero-order valence-electron chi connectivity index (χ0n) is 9.91. The van der Waals surface area contributed by atoms with Crippen LogP contribution in [-0.4, -0.2) is 26.5 Å². The Morgan fingerprint density at radius 3 is 2.81 bits per heavy atom. The molecule has 0 atom stereocenters. The van der Waals surface area contributed by atoms with Crippen molar-refractivity contribution in [3.8, 4) is 5.75 Å². The molecule has 0 radical (unpaired) electrons. The van der Waals surface area contributed by atoms with Gasteiger partial charge in [-0.3, -0.25) is 4.79 Å². The Balaban J connectivity index is 3.02. The Morgan fingerprint density at radius 2 is 2.25 bits per heavy atom. The summed E-state index contributed by atoms with van der Waals surface area (Å²) in [7, 11) is 3.51. The van der Waals surface area contributed by atoms with E-state index < -0.39 is 0 Å². The van der Waals surface area contributed by atoms with E-state index in [-0.39, 0.29) is 5.78 Å². The van der Waals surface area contributed by atoms with Gasteiger partial charge in [0.1, 0.15) is 5.75 Å². The lowest BCUT2D eigenvalue weighted by Gasteiger charge is -2.06. The second kappa shape index (κ2) is 6.08. The van der Waals surface area contributed by atoms with E-state index in [0.717, 1.165) is 17.9 Å². The van der Waals surface area contributed by atoms with Gasteiger partial charge in [0.2, 0.25) is 0 Å². The molecule has 0 aliphatic rings. The lowest BCUT2D eigenvalue weighted by atomic mass is 10.1. The van der Waals surface area contributed by atoms with Gasteiger partial charge in [-0.25, -0.2) is 0 Å². The number of hydrogen-bond acceptors (Lipinski definition) is 3. The van der Waals surface area contributed by atoms with Crippen LogP contribution in [0, 0.1) is 0 Å². The van der Waals surface area contributed by atoms with Gasteiger partial charge < -0.3 is 10.1 Å². The van der Waals surface area contributed by atoms with Gasteiger partial charge in [0.25, 0.3) is 0 Å². The summed E-state index contributed by atoms with van der Waals surface area (Å²) in [6.07, 6.45) is 3.93. The zero-order chi connectivity index (χ0) is 12.0. The van der Waals surface area contributed by atoms with Crippen LogP contribution in [-0.2, 0) is 0 Å². The molecule has 0 heterocycles. The molecule has 16 heavy (non-hydrogen) atoms. The van der Waals surface area contributed by atoms with Crippen molar-refractivity contribution in [2.75, 3.05) is 20.7 Å². The van der Waals surface area contributed by atoms with E-state index in [2.05, 4.69) is 5.32 Å². The van der Waals surface area contributed by atoms with E-state index in [1.165, 1.54) is 0 Å². The topological polar surface area (TPSA) is 38.3 Å². The molecule has 0 aliphatic carbocycles. The first-order valence-corrected chi connectivity index (χ1v) is 5.19. The minimum Gasteiger partial charge on any atom is -0.496 e. The number of carbonyl (C=O) groups excluding carboxylic acids is 1. The Labute approximate surface area is 96.1 Å². The minimum absolute atomic E-state index is 0.0610.